The minimum absolute atomic E-state index is 0.00470. The quantitative estimate of drug-likeness (QED) is 0.873. The first-order valence-electron chi connectivity index (χ1n) is 9.76. The van der Waals surface area contributed by atoms with Crippen LogP contribution < -0.4 is 5.32 Å². The third-order valence-electron chi connectivity index (χ3n) is 5.46. The van der Waals surface area contributed by atoms with E-state index in [4.69, 9.17) is 14.2 Å². The molecule has 7 nitrogen and oxygen atoms in total. The number of amides is 2. The molecule has 1 aromatic rings. The van der Waals surface area contributed by atoms with Crippen LogP contribution in [0.4, 0.5) is 5.69 Å². The van der Waals surface area contributed by atoms with Crippen LogP contribution in [0.2, 0.25) is 0 Å². The van der Waals surface area contributed by atoms with Gasteiger partial charge in [0.15, 0.2) is 6.29 Å². The predicted octanol–water partition coefficient (Wildman–Crippen LogP) is 2.03. The fourth-order valence-corrected chi connectivity index (χ4v) is 3.94. The number of carbonyl (C=O) groups excluding carboxylic acids is 2. The van der Waals surface area contributed by atoms with Crippen LogP contribution in [-0.2, 0) is 19.0 Å². The van der Waals surface area contributed by atoms with E-state index in [1.807, 2.05) is 4.90 Å². The van der Waals surface area contributed by atoms with Crippen molar-refractivity contribution in [3.63, 3.8) is 0 Å². The maximum atomic E-state index is 12.8. The summed E-state index contributed by atoms with van der Waals surface area (Å²) in [6, 6.07) is 7.12. The number of nitrogens with zero attached hydrogens (tertiary/aromatic N) is 1. The Balaban J connectivity index is 1.34. The molecular formula is C20H26N2O5. The average molecular weight is 374 g/mol. The third-order valence-corrected chi connectivity index (χ3v) is 5.46. The van der Waals surface area contributed by atoms with Gasteiger partial charge >= 0.3 is 0 Å². The first-order chi connectivity index (χ1) is 13.2. The van der Waals surface area contributed by atoms with Crippen molar-refractivity contribution in [1.29, 1.82) is 0 Å². The maximum Gasteiger partial charge on any atom is 0.253 e. The zero-order valence-corrected chi connectivity index (χ0v) is 15.4. The molecule has 1 unspecified atom stereocenters. The number of likely N-dealkylation sites (tertiary alicyclic amines) is 1. The number of rotatable bonds is 4. The van der Waals surface area contributed by atoms with Gasteiger partial charge in [-0.05, 0) is 43.9 Å². The molecule has 3 fully saturated rings. The lowest BCUT2D eigenvalue weighted by Gasteiger charge is -2.34. The van der Waals surface area contributed by atoms with Crippen LogP contribution in [0, 0.1) is 5.92 Å². The lowest BCUT2D eigenvalue weighted by Crippen LogP contribution is -2.41. The lowest BCUT2D eigenvalue weighted by atomic mass is 9.95. The Bertz CT molecular complexity index is 675. The zero-order chi connectivity index (χ0) is 18.6. The topological polar surface area (TPSA) is 77.1 Å². The molecule has 1 atom stereocenters. The second-order valence-corrected chi connectivity index (χ2v) is 7.31. The van der Waals surface area contributed by atoms with Crippen molar-refractivity contribution in [3.05, 3.63) is 29.8 Å². The van der Waals surface area contributed by atoms with Crippen molar-refractivity contribution >= 4 is 17.5 Å². The Hall–Kier alpha value is -1.96. The fraction of sp³-hybridized carbons (Fsp3) is 0.600. The number of benzene rings is 1. The van der Waals surface area contributed by atoms with Gasteiger partial charge in [0.1, 0.15) is 6.10 Å². The molecule has 0 bridgehead atoms. The number of ether oxygens (including phenoxy) is 3. The minimum Gasteiger partial charge on any atom is -0.368 e. The molecule has 3 aliphatic rings. The zero-order valence-electron chi connectivity index (χ0n) is 15.4. The molecule has 7 heteroatoms. The van der Waals surface area contributed by atoms with Crippen LogP contribution in [-0.4, -0.2) is 62.0 Å². The van der Waals surface area contributed by atoms with Gasteiger partial charge in [-0.25, -0.2) is 0 Å². The van der Waals surface area contributed by atoms with Gasteiger partial charge < -0.3 is 24.4 Å². The number of hydrogen-bond donors (Lipinski definition) is 1. The van der Waals surface area contributed by atoms with Crippen molar-refractivity contribution in [1.82, 2.24) is 4.90 Å². The summed E-state index contributed by atoms with van der Waals surface area (Å²) in [5.74, 6) is 0.206. The molecule has 0 aliphatic carbocycles. The Morgan fingerprint density at radius 1 is 1.00 bits per heavy atom. The Kier molecular flexibility index (Phi) is 5.71. The summed E-state index contributed by atoms with van der Waals surface area (Å²) in [4.78, 5) is 26.9. The van der Waals surface area contributed by atoms with Crippen LogP contribution in [0.1, 0.15) is 36.0 Å². The summed E-state index contributed by atoms with van der Waals surface area (Å²) in [5.41, 5.74) is 1.22. The van der Waals surface area contributed by atoms with Crippen LogP contribution >= 0.6 is 0 Å². The molecule has 0 spiro atoms. The molecule has 3 aliphatic heterocycles. The molecule has 1 aromatic carbocycles. The number of piperidine rings is 1. The van der Waals surface area contributed by atoms with Crippen LogP contribution in [0.5, 0.6) is 0 Å². The van der Waals surface area contributed by atoms with Crippen LogP contribution in [0.15, 0.2) is 24.3 Å². The van der Waals surface area contributed by atoms with Crippen molar-refractivity contribution in [2.24, 2.45) is 5.92 Å². The Labute approximate surface area is 158 Å². The van der Waals surface area contributed by atoms with Gasteiger partial charge in [-0.1, -0.05) is 6.07 Å². The van der Waals surface area contributed by atoms with Crippen molar-refractivity contribution in [2.45, 2.75) is 38.1 Å². The van der Waals surface area contributed by atoms with Gasteiger partial charge in [0.05, 0.1) is 13.2 Å². The molecule has 0 saturated carbocycles. The Morgan fingerprint density at radius 3 is 2.48 bits per heavy atom. The number of carbonyl (C=O) groups is 2. The summed E-state index contributed by atoms with van der Waals surface area (Å²) in [6.45, 7) is 3.34. The number of nitrogens with one attached hydrogen (secondary N) is 1. The van der Waals surface area contributed by atoms with E-state index < -0.39 is 0 Å². The molecule has 4 rings (SSSR count). The van der Waals surface area contributed by atoms with E-state index in [1.54, 1.807) is 24.3 Å². The molecule has 3 saturated heterocycles. The highest BCUT2D eigenvalue weighted by molar-refractivity contribution is 5.98. The molecule has 0 aromatic heterocycles. The van der Waals surface area contributed by atoms with Gasteiger partial charge in [-0.2, -0.15) is 0 Å². The Morgan fingerprint density at radius 2 is 1.78 bits per heavy atom. The summed E-state index contributed by atoms with van der Waals surface area (Å²) in [6.07, 6.45) is 2.91. The van der Waals surface area contributed by atoms with Crippen molar-refractivity contribution in [3.8, 4) is 0 Å². The standard InChI is InChI=1S/C20H26N2O5/c23-18(17-5-2-10-25-17)21-16-4-1-3-15(13-16)19(24)22-8-6-14(7-9-22)20-26-11-12-27-20/h1,3-4,13-14,17,20H,2,5-12H2,(H,21,23). The third kappa shape index (κ3) is 4.31. The first kappa shape index (κ1) is 18.4. The monoisotopic (exact) mass is 374 g/mol. The number of hydrogen-bond acceptors (Lipinski definition) is 5. The van der Waals surface area contributed by atoms with Gasteiger partial charge in [-0.15, -0.1) is 0 Å². The van der Waals surface area contributed by atoms with E-state index in [0.717, 1.165) is 25.7 Å². The highest BCUT2D eigenvalue weighted by Gasteiger charge is 2.32. The lowest BCUT2D eigenvalue weighted by molar-refractivity contribution is -0.124. The SMILES string of the molecule is O=C(Nc1cccc(C(=O)N2CCC(C3OCCO3)CC2)c1)C1CCCO1. The molecule has 0 radical (unpaired) electrons. The molecule has 146 valence electrons. The second-order valence-electron chi connectivity index (χ2n) is 7.31. The van der Waals surface area contributed by atoms with Gasteiger partial charge in [0, 0.05) is 36.9 Å². The summed E-state index contributed by atoms with van der Waals surface area (Å²) >= 11 is 0. The molecule has 3 heterocycles. The van der Waals surface area contributed by atoms with Crippen LogP contribution in [0.3, 0.4) is 0 Å². The molecule has 2 amide bonds. The fourth-order valence-electron chi connectivity index (χ4n) is 3.94. The van der Waals surface area contributed by atoms with Crippen molar-refractivity contribution < 1.29 is 23.8 Å². The second kappa shape index (κ2) is 8.37. The van der Waals surface area contributed by atoms with Gasteiger partial charge in [-0.3, -0.25) is 9.59 Å². The minimum atomic E-state index is -0.386. The van der Waals surface area contributed by atoms with E-state index in [0.29, 0.717) is 50.1 Å². The number of anilines is 1. The smallest absolute Gasteiger partial charge is 0.253 e. The van der Waals surface area contributed by atoms with E-state index in [2.05, 4.69) is 5.32 Å². The van der Waals surface area contributed by atoms with Crippen molar-refractivity contribution in [2.75, 3.05) is 38.2 Å². The molecule has 27 heavy (non-hydrogen) atoms. The summed E-state index contributed by atoms with van der Waals surface area (Å²) in [5, 5.41) is 2.86. The van der Waals surface area contributed by atoms with E-state index in [-0.39, 0.29) is 24.2 Å². The highest BCUT2D eigenvalue weighted by atomic mass is 16.7. The highest BCUT2D eigenvalue weighted by Crippen LogP contribution is 2.27. The predicted molar refractivity (Wildman–Crippen MR) is 98.4 cm³/mol. The van der Waals surface area contributed by atoms with E-state index in [9.17, 15) is 9.59 Å². The normalized spacial score (nSPS) is 24.3. The summed E-state index contributed by atoms with van der Waals surface area (Å²) < 4.78 is 16.6. The van der Waals surface area contributed by atoms with Gasteiger partial charge in [0.25, 0.3) is 11.8 Å². The molecular weight excluding hydrogens is 348 g/mol. The summed E-state index contributed by atoms with van der Waals surface area (Å²) in [7, 11) is 0. The van der Waals surface area contributed by atoms with Crippen LogP contribution in [0.25, 0.3) is 0 Å². The van der Waals surface area contributed by atoms with E-state index in [1.165, 1.54) is 0 Å². The van der Waals surface area contributed by atoms with E-state index >= 15 is 0 Å². The maximum absolute atomic E-state index is 12.8. The first-order valence-corrected chi connectivity index (χ1v) is 9.76. The van der Waals surface area contributed by atoms with Gasteiger partial charge in [0.2, 0.25) is 0 Å². The average Bonchev–Trinajstić information content (AvgIpc) is 3.42. The molecule has 1 N–H and O–H groups in total. The largest absolute Gasteiger partial charge is 0.368 e.